The Balaban J connectivity index is 1.79. The van der Waals surface area contributed by atoms with Gasteiger partial charge in [0.15, 0.2) is 5.13 Å². The molecule has 3 aromatic rings. The molecule has 1 N–H and O–H groups in total. The number of benzene rings is 2. The summed E-state index contributed by atoms with van der Waals surface area (Å²) in [7, 11) is 0. The number of halogens is 1. The predicted octanol–water partition coefficient (Wildman–Crippen LogP) is 3.96. The van der Waals surface area contributed by atoms with Gasteiger partial charge < -0.3 is 0 Å². The summed E-state index contributed by atoms with van der Waals surface area (Å²) in [6.45, 7) is 0. The molecule has 4 nitrogen and oxygen atoms in total. The van der Waals surface area contributed by atoms with Crippen LogP contribution < -0.4 is 10.1 Å². The molecular weight excluding hydrogens is 332 g/mol. The number of hydrogen-bond donors (Lipinski definition) is 1. The van der Waals surface area contributed by atoms with E-state index in [4.69, 9.17) is 11.6 Å². The average Bonchev–Trinajstić information content (AvgIpc) is 2.53. The number of nitrogens with one attached hydrogen (secondary N) is 1. The highest BCUT2D eigenvalue weighted by atomic mass is 35.5. The Morgan fingerprint density at radius 3 is 2.83 bits per heavy atom. The first kappa shape index (κ1) is 15.4. The minimum atomic E-state index is -0.358. The maximum absolute atomic E-state index is 12.0. The lowest BCUT2D eigenvalue weighted by Gasteiger charge is -2.01. The number of carbonyl (C=O) groups excluding carboxylic acids is 1. The first-order chi connectivity index (χ1) is 11.1. The minimum absolute atomic E-state index is 0.135. The van der Waals surface area contributed by atoms with E-state index in [0.717, 1.165) is 16.9 Å². The number of nitrogens with zero attached hydrogens (tertiary/aromatic N) is 1. The standard InChI is InChI=1S/C17H11ClN2O2S/c18-12-5-3-4-11(10-12)8-9-15(21)20-17-19-14-7-2-1-6-13(14)16(22)23-17/h1-10H,(H,19,20,21)/b9-8+. The molecule has 0 bridgehead atoms. The number of rotatable bonds is 3. The molecule has 0 aliphatic carbocycles. The fraction of sp³-hybridized carbons (Fsp3) is 0. The van der Waals surface area contributed by atoms with Gasteiger partial charge in [0.1, 0.15) is 0 Å². The maximum Gasteiger partial charge on any atom is 0.250 e. The highest BCUT2D eigenvalue weighted by molar-refractivity contribution is 7.13. The van der Waals surface area contributed by atoms with Crippen molar-refractivity contribution < 1.29 is 4.79 Å². The molecule has 23 heavy (non-hydrogen) atoms. The molecule has 0 radical (unpaired) electrons. The summed E-state index contributed by atoms with van der Waals surface area (Å²) in [6, 6.07) is 14.2. The topological polar surface area (TPSA) is 59.1 Å². The second-order valence-electron chi connectivity index (χ2n) is 4.70. The largest absolute Gasteiger partial charge is 0.298 e. The van der Waals surface area contributed by atoms with E-state index in [9.17, 15) is 9.59 Å². The van der Waals surface area contributed by atoms with Crippen molar-refractivity contribution in [3.8, 4) is 0 Å². The zero-order valence-electron chi connectivity index (χ0n) is 11.8. The van der Waals surface area contributed by atoms with Gasteiger partial charge in [-0.25, -0.2) is 4.98 Å². The van der Waals surface area contributed by atoms with Crippen molar-refractivity contribution >= 4 is 51.0 Å². The second kappa shape index (κ2) is 6.73. The number of anilines is 1. The van der Waals surface area contributed by atoms with Crippen LogP contribution in [0.1, 0.15) is 5.56 Å². The van der Waals surface area contributed by atoms with E-state index < -0.39 is 0 Å². The number of aromatic nitrogens is 1. The Hall–Kier alpha value is -2.50. The Morgan fingerprint density at radius 1 is 1.17 bits per heavy atom. The van der Waals surface area contributed by atoms with Crippen LogP contribution in [0.25, 0.3) is 17.0 Å². The summed E-state index contributed by atoms with van der Waals surface area (Å²) in [4.78, 5) is 28.2. The predicted molar refractivity (Wildman–Crippen MR) is 95.0 cm³/mol. The molecule has 0 saturated carbocycles. The van der Waals surface area contributed by atoms with Crippen LogP contribution in [-0.4, -0.2) is 10.9 Å². The van der Waals surface area contributed by atoms with E-state index in [-0.39, 0.29) is 15.8 Å². The van der Waals surface area contributed by atoms with E-state index in [1.54, 1.807) is 48.5 Å². The summed E-state index contributed by atoms with van der Waals surface area (Å²) in [6.07, 6.45) is 3.02. The van der Waals surface area contributed by atoms with E-state index in [1.807, 2.05) is 6.07 Å². The van der Waals surface area contributed by atoms with Crippen molar-refractivity contribution in [1.29, 1.82) is 0 Å². The highest BCUT2D eigenvalue weighted by Crippen LogP contribution is 2.15. The van der Waals surface area contributed by atoms with Crippen LogP contribution in [0.15, 0.2) is 59.4 Å². The number of amides is 1. The number of fused-ring (bicyclic) bond motifs is 1. The van der Waals surface area contributed by atoms with Crippen LogP contribution in [0.4, 0.5) is 5.13 Å². The number of hydrogen-bond acceptors (Lipinski definition) is 4. The van der Waals surface area contributed by atoms with Gasteiger partial charge in [-0.2, -0.15) is 0 Å². The van der Waals surface area contributed by atoms with Crippen molar-refractivity contribution in [2.45, 2.75) is 0 Å². The molecule has 0 spiro atoms. The summed E-state index contributed by atoms with van der Waals surface area (Å²) in [5, 5.41) is 4.03. The van der Waals surface area contributed by atoms with Gasteiger partial charge in [0.05, 0.1) is 10.9 Å². The van der Waals surface area contributed by atoms with E-state index in [1.165, 1.54) is 6.08 Å². The summed E-state index contributed by atoms with van der Waals surface area (Å²) >= 11 is 6.79. The quantitative estimate of drug-likeness (QED) is 0.733. The summed E-state index contributed by atoms with van der Waals surface area (Å²) < 4.78 is -0.135. The number of para-hydroxylation sites is 1. The Labute approximate surface area is 141 Å². The van der Waals surface area contributed by atoms with Crippen LogP contribution in [0, 0.1) is 0 Å². The molecule has 0 atom stereocenters. The molecule has 2 aromatic carbocycles. The molecule has 0 saturated heterocycles. The monoisotopic (exact) mass is 342 g/mol. The Bertz CT molecular complexity index is 966. The fourth-order valence-corrected chi connectivity index (χ4v) is 2.95. The van der Waals surface area contributed by atoms with Gasteiger partial charge in [0.25, 0.3) is 0 Å². The molecule has 1 aromatic heterocycles. The zero-order chi connectivity index (χ0) is 16.2. The van der Waals surface area contributed by atoms with Crippen LogP contribution in [0.5, 0.6) is 0 Å². The van der Waals surface area contributed by atoms with Gasteiger partial charge >= 0.3 is 0 Å². The van der Waals surface area contributed by atoms with Gasteiger partial charge in [-0.1, -0.05) is 47.2 Å². The molecule has 0 unspecified atom stereocenters. The van der Waals surface area contributed by atoms with Gasteiger partial charge in [-0.05, 0) is 35.9 Å². The van der Waals surface area contributed by atoms with Crippen LogP contribution >= 0.6 is 22.9 Å². The van der Waals surface area contributed by atoms with E-state index in [2.05, 4.69) is 10.3 Å². The fourth-order valence-electron chi connectivity index (χ4n) is 2.00. The first-order valence-electron chi connectivity index (χ1n) is 6.76. The SMILES string of the molecule is O=C(/C=C/c1cccc(Cl)c1)Nc1nc2ccccc2c(=O)s1. The normalized spacial score (nSPS) is 11.0. The van der Waals surface area contributed by atoms with E-state index in [0.29, 0.717) is 15.9 Å². The van der Waals surface area contributed by atoms with Crippen molar-refractivity contribution in [2.75, 3.05) is 5.32 Å². The molecule has 0 aliphatic rings. The smallest absolute Gasteiger partial charge is 0.250 e. The van der Waals surface area contributed by atoms with E-state index >= 15 is 0 Å². The van der Waals surface area contributed by atoms with Gasteiger partial charge in [0, 0.05) is 11.1 Å². The van der Waals surface area contributed by atoms with Crippen LogP contribution in [-0.2, 0) is 4.79 Å². The maximum atomic E-state index is 12.0. The van der Waals surface area contributed by atoms with Crippen molar-refractivity contribution in [2.24, 2.45) is 0 Å². The van der Waals surface area contributed by atoms with Gasteiger partial charge in [-0.15, -0.1) is 0 Å². The van der Waals surface area contributed by atoms with Crippen molar-refractivity contribution in [1.82, 2.24) is 4.98 Å². The minimum Gasteiger partial charge on any atom is -0.298 e. The van der Waals surface area contributed by atoms with Gasteiger partial charge in [0.2, 0.25) is 10.6 Å². The summed E-state index contributed by atoms with van der Waals surface area (Å²) in [5.41, 5.74) is 1.37. The third kappa shape index (κ3) is 3.83. The Kier molecular flexibility index (Phi) is 4.50. The lowest BCUT2D eigenvalue weighted by Crippen LogP contribution is -2.10. The second-order valence-corrected chi connectivity index (χ2v) is 6.10. The van der Waals surface area contributed by atoms with Gasteiger partial charge in [-0.3, -0.25) is 14.9 Å². The third-order valence-corrected chi connectivity index (χ3v) is 4.07. The van der Waals surface area contributed by atoms with Crippen LogP contribution in [0.2, 0.25) is 5.02 Å². The average molecular weight is 343 g/mol. The number of carbonyl (C=O) groups is 1. The molecule has 114 valence electrons. The molecule has 1 amide bonds. The highest BCUT2D eigenvalue weighted by Gasteiger charge is 2.06. The molecule has 3 rings (SSSR count). The molecule has 0 fully saturated rings. The molecule has 1 heterocycles. The molecule has 6 heteroatoms. The zero-order valence-corrected chi connectivity index (χ0v) is 13.4. The van der Waals surface area contributed by atoms with Crippen molar-refractivity contribution in [3.05, 3.63) is 74.7 Å². The summed E-state index contributed by atoms with van der Waals surface area (Å²) in [5.74, 6) is -0.358. The van der Waals surface area contributed by atoms with Crippen molar-refractivity contribution in [3.63, 3.8) is 0 Å². The molecular formula is C17H11ClN2O2S. The Morgan fingerprint density at radius 2 is 2.00 bits per heavy atom. The third-order valence-electron chi connectivity index (χ3n) is 3.04. The first-order valence-corrected chi connectivity index (χ1v) is 7.96. The molecule has 0 aliphatic heterocycles. The lowest BCUT2D eigenvalue weighted by atomic mass is 10.2. The lowest BCUT2D eigenvalue weighted by molar-refractivity contribution is -0.111. The van der Waals surface area contributed by atoms with Crippen LogP contribution in [0.3, 0.4) is 0 Å².